The highest BCUT2D eigenvalue weighted by Crippen LogP contribution is 2.39. The number of ether oxygens (including phenoxy) is 2. The van der Waals surface area contributed by atoms with Crippen LogP contribution in [-0.4, -0.2) is 37.1 Å². The second kappa shape index (κ2) is 7.54. The molecule has 126 valence electrons. The first kappa shape index (κ1) is 16.6. The summed E-state index contributed by atoms with van der Waals surface area (Å²) in [6.07, 6.45) is 4.45. The maximum atomic E-state index is 11.6. The van der Waals surface area contributed by atoms with E-state index >= 15 is 0 Å². The van der Waals surface area contributed by atoms with E-state index in [2.05, 4.69) is 4.90 Å². The van der Waals surface area contributed by atoms with Gasteiger partial charge in [0.25, 0.3) is 0 Å². The van der Waals surface area contributed by atoms with Crippen molar-refractivity contribution in [2.24, 2.45) is 5.92 Å². The molecule has 5 heteroatoms. The van der Waals surface area contributed by atoms with Gasteiger partial charge in [0.1, 0.15) is 11.9 Å². The summed E-state index contributed by atoms with van der Waals surface area (Å²) in [5.41, 5.74) is 0.934. The third kappa shape index (κ3) is 4.18. The molecule has 1 saturated heterocycles. The minimum atomic E-state index is -0.260. The predicted molar refractivity (Wildman–Crippen MR) is 89.9 cm³/mol. The van der Waals surface area contributed by atoms with Gasteiger partial charge in [-0.15, -0.1) is 0 Å². The van der Waals surface area contributed by atoms with Gasteiger partial charge < -0.3 is 14.4 Å². The Morgan fingerprint density at radius 1 is 1.35 bits per heavy atom. The fraction of sp³-hybridized carbons (Fsp3) is 0.611. The lowest BCUT2D eigenvalue weighted by Crippen LogP contribution is -2.37. The predicted octanol–water partition coefficient (Wildman–Crippen LogP) is 3.83. The minimum Gasteiger partial charge on any atom is -0.493 e. The first-order valence-electron chi connectivity index (χ1n) is 8.45. The molecule has 0 spiro atoms. The molecular formula is C18H24ClNO3. The second-order valence-electron chi connectivity index (χ2n) is 6.47. The molecule has 3 rings (SSSR count). The minimum absolute atomic E-state index is 0.249. The van der Waals surface area contributed by atoms with Gasteiger partial charge in [-0.2, -0.15) is 0 Å². The number of hydrogen-bond donors (Lipinski definition) is 0. The number of carbonyl (C=O) groups is 1. The second-order valence-corrected chi connectivity index (χ2v) is 6.91. The van der Waals surface area contributed by atoms with Crippen LogP contribution in [0.15, 0.2) is 18.2 Å². The molecule has 2 atom stereocenters. The molecule has 0 aromatic heterocycles. The standard InChI is InChI=1S/C18H24ClNO3/c1-13(21)23-18-14(12-20-8-3-2-4-9-20)7-10-22-17-11-15(19)5-6-16(17)18/h5-6,11,14,18H,2-4,7-10,12H2,1H3. The van der Waals surface area contributed by atoms with Crippen LogP contribution in [0, 0.1) is 5.92 Å². The van der Waals surface area contributed by atoms with E-state index in [9.17, 15) is 4.79 Å². The Balaban J connectivity index is 1.84. The summed E-state index contributed by atoms with van der Waals surface area (Å²) >= 11 is 6.08. The van der Waals surface area contributed by atoms with Crippen LogP contribution in [0.1, 0.15) is 44.3 Å². The number of piperidine rings is 1. The summed E-state index contributed by atoms with van der Waals surface area (Å²) in [5, 5.41) is 0.639. The summed E-state index contributed by atoms with van der Waals surface area (Å²) in [6, 6.07) is 5.58. The van der Waals surface area contributed by atoms with Crippen LogP contribution in [0.4, 0.5) is 0 Å². The van der Waals surface area contributed by atoms with Gasteiger partial charge in [0, 0.05) is 30.0 Å². The van der Waals surface area contributed by atoms with E-state index in [0.717, 1.165) is 37.4 Å². The summed E-state index contributed by atoms with van der Waals surface area (Å²) in [4.78, 5) is 14.1. The molecule has 0 aliphatic carbocycles. The highest BCUT2D eigenvalue weighted by Gasteiger charge is 2.33. The van der Waals surface area contributed by atoms with E-state index < -0.39 is 0 Å². The third-order valence-electron chi connectivity index (χ3n) is 4.69. The van der Waals surface area contributed by atoms with Crippen LogP contribution < -0.4 is 4.74 Å². The Morgan fingerprint density at radius 2 is 2.13 bits per heavy atom. The van der Waals surface area contributed by atoms with Gasteiger partial charge in [0.2, 0.25) is 0 Å². The molecule has 0 saturated carbocycles. The molecule has 2 unspecified atom stereocenters. The van der Waals surface area contributed by atoms with Crippen molar-refractivity contribution < 1.29 is 14.3 Å². The molecule has 2 aliphatic heterocycles. The van der Waals surface area contributed by atoms with Crippen LogP contribution in [0.3, 0.4) is 0 Å². The number of carbonyl (C=O) groups excluding carboxylic acids is 1. The van der Waals surface area contributed by atoms with E-state index in [1.165, 1.54) is 26.2 Å². The lowest BCUT2D eigenvalue weighted by atomic mass is 9.92. The van der Waals surface area contributed by atoms with Crippen LogP contribution in [0.5, 0.6) is 5.75 Å². The molecule has 1 fully saturated rings. The average Bonchev–Trinajstić information content (AvgIpc) is 2.68. The monoisotopic (exact) mass is 337 g/mol. The van der Waals surface area contributed by atoms with Crippen molar-refractivity contribution in [3.05, 3.63) is 28.8 Å². The zero-order chi connectivity index (χ0) is 16.2. The first-order valence-corrected chi connectivity index (χ1v) is 8.83. The van der Waals surface area contributed by atoms with E-state index in [0.29, 0.717) is 11.6 Å². The fourth-order valence-electron chi connectivity index (χ4n) is 3.59. The first-order chi connectivity index (χ1) is 11.1. The van der Waals surface area contributed by atoms with Crippen LogP contribution in [-0.2, 0) is 9.53 Å². The Hall–Kier alpha value is -1.26. The SMILES string of the molecule is CC(=O)OC1c2ccc(Cl)cc2OCCC1CN1CCCCC1. The number of fused-ring (bicyclic) bond motifs is 1. The molecule has 2 heterocycles. The van der Waals surface area contributed by atoms with Gasteiger partial charge in [-0.25, -0.2) is 0 Å². The average molecular weight is 338 g/mol. The molecule has 0 N–H and O–H groups in total. The van der Waals surface area contributed by atoms with Crippen molar-refractivity contribution >= 4 is 17.6 Å². The maximum absolute atomic E-state index is 11.6. The Kier molecular flexibility index (Phi) is 5.44. The van der Waals surface area contributed by atoms with Crippen molar-refractivity contribution in [2.45, 2.75) is 38.7 Å². The van der Waals surface area contributed by atoms with Crippen LogP contribution in [0.2, 0.25) is 5.02 Å². The molecule has 23 heavy (non-hydrogen) atoms. The number of nitrogens with zero attached hydrogens (tertiary/aromatic N) is 1. The van der Waals surface area contributed by atoms with Gasteiger partial charge >= 0.3 is 5.97 Å². The molecule has 0 amide bonds. The lowest BCUT2D eigenvalue weighted by molar-refractivity contribution is -0.150. The van der Waals surface area contributed by atoms with Gasteiger partial charge in [0.15, 0.2) is 0 Å². The van der Waals surface area contributed by atoms with Crippen molar-refractivity contribution in [1.82, 2.24) is 4.90 Å². The molecular weight excluding hydrogens is 314 g/mol. The maximum Gasteiger partial charge on any atom is 0.303 e. The Labute approximate surface area is 142 Å². The number of esters is 1. The summed E-state index contributed by atoms with van der Waals surface area (Å²) in [6.45, 7) is 5.32. The van der Waals surface area contributed by atoms with E-state index in [1.807, 2.05) is 18.2 Å². The number of rotatable bonds is 3. The van der Waals surface area contributed by atoms with Crippen molar-refractivity contribution in [2.75, 3.05) is 26.2 Å². The zero-order valence-corrected chi connectivity index (χ0v) is 14.3. The van der Waals surface area contributed by atoms with E-state index in [1.54, 1.807) is 0 Å². The van der Waals surface area contributed by atoms with Gasteiger partial charge in [-0.3, -0.25) is 4.79 Å². The Morgan fingerprint density at radius 3 is 2.87 bits per heavy atom. The highest BCUT2D eigenvalue weighted by atomic mass is 35.5. The van der Waals surface area contributed by atoms with Gasteiger partial charge in [-0.05, 0) is 44.5 Å². The van der Waals surface area contributed by atoms with Gasteiger partial charge in [0.05, 0.1) is 6.61 Å². The molecule has 2 aliphatic rings. The topological polar surface area (TPSA) is 38.8 Å². The van der Waals surface area contributed by atoms with E-state index in [-0.39, 0.29) is 18.0 Å². The normalized spacial score (nSPS) is 25.1. The largest absolute Gasteiger partial charge is 0.493 e. The fourth-order valence-corrected chi connectivity index (χ4v) is 3.76. The van der Waals surface area contributed by atoms with Crippen LogP contribution >= 0.6 is 11.6 Å². The number of likely N-dealkylation sites (tertiary alicyclic amines) is 1. The summed E-state index contributed by atoms with van der Waals surface area (Å²) < 4.78 is 11.6. The molecule has 0 bridgehead atoms. The van der Waals surface area contributed by atoms with E-state index in [4.69, 9.17) is 21.1 Å². The van der Waals surface area contributed by atoms with Crippen molar-refractivity contribution in [1.29, 1.82) is 0 Å². The molecule has 1 aromatic rings. The number of benzene rings is 1. The highest BCUT2D eigenvalue weighted by molar-refractivity contribution is 6.30. The quantitative estimate of drug-likeness (QED) is 0.786. The summed E-state index contributed by atoms with van der Waals surface area (Å²) in [5.74, 6) is 0.741. The molecule has 0 radical (unpaired) electrons. The summed E-state index contributed by atoms with van der Waals surface area (Å²) in [7, 11) is 0. The van der Waals surface area contributed by atoms with Crippen molar-refractivity contribution in [3.63, 3.8) is 0 Å². The molecule has 4 nitrogen and oxygen atoms in total. The Bertz CT molecular complexity index is 557. The van der Waals surface area contributed by atoms with Crippen molar-refractivity contribution in [3.8, 4) is 5.75 Å². The van der Waals surface area contributed by atoms with Crippen LogP contribution in [0.25, 0.3) is 0 Å². The van der Waals surface area contributed by atoms with Gasteiger partial charge in [-0.1, -0.05) is 24.1 Å². The molecule has 1 aromatic carbocycles. The number of hydrogen-bond acceptors (Lipinski definition) is 4. The smallest absolute Gasteiger partial charge is 0.303 e. The zero-order valence-electron chi connectivity index (χ0n) is 13.6. The number of halogens is 1. The third-order valence-corrected chi connectivity index (χ3v) is 4.93. The lowest BCUT2D eigenvalue weighted by Gasteiger charge is -2.33.